The first-order valence-corrected chi connectivity index (χ1v) is 8.06. The molecule has 0 saturated heterocycles. The molecule has 1 heterocycles. The molecule has 9 heteroatoms. The van der Waals surface area contributed by atoms with Gasteiger partial charge in [0.15, 0.2) is 11.5 Å². The Labute approximate surface area is 155 Å². The average molecular weight is 369 g/mol. The molecular formula is C18H19N5O4. The number of rotatable bonds is 7. The van der Waals surface area contributed by atoms with Crippen molar-refractivity contribution in [3.05, 3.63) is 42.0 Å². The average Bonchev–Trinajstić information content (AvgIpc) is 3.10. The Hall–Kier alpha value is -3.62. The van der Waals surface area contributed by atoms with Crippen LogP contribution in [0.5, 0.6) is 17.2 Å². The maximum absolute atomic E-state index is 12.1. The van der Waals surface area contributed by atoms with Gasteiger partial charge in [-0.2, -0.15) is 5.10 Å². The van der Waals surface area contributed by atoms with E-state index in [1.54, 1.807) is 19.2 Å². The van der Waals surface area contributed by atoms with Gasteiger partial charge in [0.05, 0.1) is 33.1 Å². The zero-order valence-corrected chi connectivity index (χ0v) is 15.2. The van der Waals surface area contributed by atoms with Crippen molar-refractivity contribution in [2.75, 3.05) is 21.3 Å². The number of hydrogen-bond donors (Lipinski definition) is 1. The Kier molecular flexibility index (Phi) is 5.50. The standard InChI is InChI=1S/C18H19N5O4/c1-25-15-9-17(27-3)16(26-2)8-12(15)10-19-21-18(24)11-23-14-7-5-4-6-13(14)20-22-23/h4-10H,11H2,1-3H3,(H,21,24). The van der Waals surface area contributed by atoms with Crippen molar-refractivity contribution in [2.45, 2.75) is 6.54 Å². The molecule has 0 bridgehead atoms. The van der Waals surface area contributed by atoms with Crippen LogP contribution in [0.25, 0.3) is 11.0 Å². The maximum atomic E-state index is 12.1. The van der Waals surface area contributed by atoms with Crippen LogP contribution in [0.3, 0.4) is 0 Å². The fourth-order valence-corrected chi connectivity index (χ4v) is 2.53. The third-order valence-corrected chi connectivity index (χ3v) is 3.84. The summed E-state index contributed by atoms with van der Waals surface area (Å²) < 4.78 is 17.3. The molecule has 3 rings (SSSR count). The summed E-state index contributed by atoms with van der Waals surface area (Å²) in [5, 5.41) is 12.0. The number of methoxy groups -OCH3 is 3. The lowest BCUT2D eigenvalue weighted by molar-refractivity contribution is -0.121. The van der Waals surface area contributed by atoms with E-state index in [0.29, 0.717) is 22.8 Å². The summed E-state index contributed by atoms with van der Waals surface area (Å²) in [7, 11) is 4.61. The van der Waals surface area contributed by atoms with Crippen molar-refractivity contribution in [1.82, 2.24) is 20.4 Å². The largest absolute Gasteiger partial charge is 0.496 e. The van der Waals surface area contributed by atoms with Crippen LogP contribution in [0, 0.1) is 0 Å². The van der Waals surface area contributed by atoms with E-state index in [1.807, 2.05) is 24.3 Å². The van der Waals surface area contributed by atoms with E-state index in [-0.39, 0.29) is 12.5 Å². The van der Waals surface area contributed by atoms with Gasteiger partial charge in [0.25, 0.3) is 5.91 Å². The highest BCUT2D eigenvalue weighted by Gasteiger charge is 2.11. The second-order valence-electron chi connectivity index (χ2n) is 5.48. The summed E-state index contributed by atoms with van der Waals surface area (Å²) in [5.74, 6) is 1.27. The molecule has 1 aromatic heterocycles. The fourth-order valence-electron chi connectivity index (χ4n) is 2.53. The van der Waals surface area contributed by atoms with Crippen molar-refractivity contribution in [3.63, 3.8) is 0 Å². The Morgan fingerprint density at radius 1 is 1.11 bits per heavy atom. The van der Waals surface area contributed by atoms with Gasteiger partial charge in [-0.25, -0.2) is 10.1 Å². The van der Waals surface area contributed by atoms with E-state index in [2.05, 4.69) is 20.8 Å². The van der Waals surface area contributed by atoms with Gasteiger partial charge in [0.2, 0.25) is 0 Å². The maximum Gasteiger partial charge on any atom is 0.261 e. The van der Waals surface area contributed by atoms with Crippen LogP contribution in [0.1, 0.15) is 5.56 Å². The molecule has 27 heavy (non-hydrogen) atoms. The van der Waals surface area contributed by atoms with E-state index in [1.165, 1.54) is 25.1 Å². The number of benzene rings is 2. The Balaban J connectivity index is 1.70. The monoisotopic (exact) mass is 369 g/mol. The topological polar surface area (TPSA) is 99.9 Å². The van der Waals surface area contributed by atoms with Gasteiger partial charge < -0.3 is 14.2 Å². The van der Waals surface area contributed by atoms with E-state index >= 15 is 0 Å². The first-order chi connectivity index (χ1) is 13.2. The molecule has 0 aliphatic rings. The number of fused-ring (bicyclic) bond motifs is 1. The Morgan fingerprint density at radius 2 is 1.81 bits per heavy atom. The number of para-hydroxylation sites is 1. The third-order valence-electron chi connectivity index (χ3n) is 3.84. The molecule has 1 amide bonds. The zero-order valence-electron chi connectivity index (χ0n) is 15.2. The van der Waals surface area contributed by atoms with Gasteiger partial charge in [-0.3, -0.25) is 4.79 Å². The number of carbonyl (C=O) groups is 1. The zero-order chi connectivity index (χ0) is 19.2. The van der Waals surface area contributed by atoms with Crippen LogP contribution in [0.2, 0.25) is 0 Å². The summed E-state index contributed by atoms with van der Waals surface area (Å²) in [6.45, 7) is 0.000915. The smallest absolute Gasteiger partial charge is 0.261 e. The van der Waals surface area contributed by atoms with Crippen LogP contribution in [0.15, 0.2) is 41.5 Å². The first-order valence-electron chi connectivity index (χ1n) is 8.06. The van der Waals surface area contributed by atoms with E-state index in [9.17, 15) is 4.79 Å². The first kappa shape index (κ1) is 18.2. The molecule has 0 atom stereocenters. The van der Waals surface area contributed by atoms with Crippen molar-refractivity contribution >= 4 is 23.2 Å². The number of hydrogen-bond acceptors (Lipinski definition) is 7. The normalized spacial score (nSPS) is 10.9. The summed E-state index contributed by atoms with van der Waals surface area (Å²) >= 11 is 0. The van der Waals surface area contributed by atoms with Gasteiger partial charge in [0, 0.05) is 11.6 Å². The fraction of sp³-hybridized carbons (Fsp3) is 0.222. The summed E-state index contributed by atoms with van der Waals surface area (Å²) in [6.07, 6.45) is 1.47. The van der Waals surface area contributed by atoms with E-state index in [4.69, 9.17) is 14.2 Å². The highest BCUT2D eigenvalue weighted by molar-refractivity contribution is 5.87. The Bertz CT molecular complexity index is 983. The highest BCUT2D eigenvalue weighted by atomic mass is 16.5. The molecular weight excluding hydrogens is 350 g/mol. The SMILES string of the molecule is COc1cc(OC)c(OC)cc1C=NNC(=O)Cn1nnc2ccccc21. The molecule has 0 aliphatic heterocycles. The molecule has 0 fully saturated rings. The number of hydrazone groups is 1. The number of amides is 1. The van der Waals surface area contributed by atoms with Gasteiger partial charge in [-0.15, -0.1) is 5.10 Å². The lowest BCUT2D eigenvalue weighted by Gasteiger charge is -2.11. The minimum atomic E-state index is -0.332. The van der Waals surface area contributed by atoms with Crippen LogP contribution in [-0.4, -0.2) is 48.4 Å². The number of ether oxygens (including phenoxy) is 3. The molecule has 2 aromatic carbocycles. The molecule has 0 radical (unpaired) electrons. The number of aromatic nitrogens is 3. The van der Waals surface area contributed by atoms with E-state index in [0.717, 1.165) is 11.0 Å². The van der Waals surface area contributed by atoms with Gasteiger partial charge in [0.1, 0.15) is 17.8 Å². The van der Waals surface area contributed by atoms with Crippen LogP contribution in [0.4, 0.5) is 0 Å². The van der Waals surface area contributed by atoms with Crippen molar-refractivity contribution in [1.29, 1.82) is 0 Å². The quantitative estimate of drug-likeness (QED) is 0.502. The molecule has 0 saturated carbocycles. The van der Waals surface area contributed by atoms with Crippen molar-refractivity contribution < 1.29 is 19.0 Å². The van der Waals surface area contributed by atoms with Gasteiger partial charge in [-0.05, 0) is 18.2 Å². The second-order valence-corrected chi connectivity index (χ2v) is 5.48. The minimum Gasteiger partial charge on any atom is -0.496 e. The number of nitrogens with zero attached hydrogens (tertiary/aromatic N) is 4. The van der Waals surface area contributed by atoms with Crippen molar-refractivity contribution in [2.24, 2.45) is 5.10 Å². The molecule has 1 N–H and O–H groups in total. The minimum absolute atomic E-state index is 0.000915. The van der Waals surface area contributed by atoms with Crippen LogP contribution >= 0.6 is 0 Å². The number of carbonyl (C=O) groups excluding carboxylic acids is 1. The van der Waals surface area contributed by atoms with Gasteiger partial charge in [-0.1, -0.05) is 17.3 Å². The molecule has 0 unspecified atom stereocenters. The third kappa shape index (κ3) is 3.97. The molecule has 0 aliphatic carbocycles. The lowest BCUT2D eigenvalue weighted by atomic mass is 10.2. The van der Waals surface area contributed by atoms with E-state index < -0.39 is 0 Å². The summed E-state index contributed by atoms with van der Waals surface area (Å²) in [6, 6.07) is 10.8. The molecule has 3 aromatic rings. The predicted octanol–water partition coefficient (Wildman–Crippen LogP) is 1.61. The van der Waals surface area contributed by atoms with Crippen molar-refractivity contribution in [3.8, 4) is 17.2 Å². The molecule has 140 valence electrons. The molecule has 0 spiro atoms. The van der Waals surface area contributed by atoms with Gasteiger partial charge >= 0.3 is 0 Å². The van der Waals surface area contributed by atoms with Crippen LogP contribution < -0.4 is 19.6 Å². The summed E-state index contributed by atoms with van der Waals surface area (Å²) in [5.41, 5.74) is 4.59. The number of nitrogens with one attached hydrogen (secondary N) is 1. The second kappa shape index (κ2) is 8.17. The summed E-state index contributed by atoms with van der Waals surface area (Å²) in [4.78, 5) is 12.1. The highest BCUT2D eigenvalue weighted by Crippen LogP contribution is 2.33. The Morgan fingerprint density at radius 3 is 2.56 bits per heavy atom. The van der Waals surface area contributed by atoms with Crippen LogP contribution in [-0.2, 0) is 11.3 Å². The lowest BCUT2D eigenvalue weighted by Crippen LogP contribution is -2.23. The molecule has 9 nitrogen and oxygen atoms in total. The predicted molar refractivity (Wildman–Crippen MR) is 99.4 cm³/mol.